The number of thioether (sulfide) groups is 2. The third-order valence-corrected chi connectivity index (χ3v) is 8.32. The average Bonchev–Trinajstić information content (AvgIpc) is 3.21. The minimum absolute atomic E-state index is 0.00935. The first-order valence-electron chi connectivity index (χ1n) is 9.86. The van der Waals surface area contributed by atoms with E-state index in [1.54, 1.807) is 6.92 Å². The molecule has 0 bridgehead atoms. The number of carboxylic acid groups (broad SMARTS) is 1. The van der Waals surface area contributed by atoms with E-state index in [1.165, 1.54) is 28.4 Å². The number of hydrogen-bond donors (Lipinski definition) is 4. The quantitative estimate of drug-likeness (QED) is 0.279. The molecule has 4 N–H and O–H groups in total. The van der Waals surface area contributed by atoms with E-state index in [2.05, 4.69) is 10.6 Å². The first kappa shape index (κ1) is 22.9. The van der Waals surface area contributed by atoms with Gasteiger partial charge in [0, 0.05) is 34.4 Å². The van der Waals surface area contributed by atoms with E-state index in [9.17, 15) is 24.6 Å². The van der Waals surface area contributed by atoms with Crippen LogP contribution >= 0.6 is 23.5 Å². The summed E-state index contributed by atoms with van der Waals surface area (Å²) in [5.74, 6) is -1.23. The fourth-order valence-corrected chi connectivity index (χ4v) is 6.80. The Morgan fingerprint density at radius 3 is 2.83 bits per heavy atom. The highest BCUT2D eigenvalue weighted by Crippen LogP contribution is 2.51. The van der Waals surface area contributed by atoms with Crippen LogP contribution in [0.1, 0.15) is 20.3 Å². The number of amides is 2. The monoisotopic (exact) mass is 454 g/mol. The summed E-state index contributed by atoms with van der Waals surface area (Å²) in [6.07, 6.45) is 0.0273. The van der Waals surface area contributed by atoms with Crippen molar-refractivity contribution in [2.45, 2.75) is 43.7 Å². The van der Waals surface area contributed by atoms with Crippen molar-refractivity contribution in [3.8, 4) is 6.07 Å². The van der Waals surface area contributed by atoms with Crippen molar-refractivity contribution in [1.29, 1.82) is 5.26 Å². The molecule has 0 aromatic heterocycles. The number of carboxylic acids is 1. The molecule has 2 amide bonds. The molecule has 30 heavy (non-hydrogen) atoms. The lowest BCUT2D eigenvalue weighted by Crippen LogP contribution is -2.63. The van der Waals surface area contributed by atoms with E-state index in [0.717, 1.165) is 18.7 Å². The Bertz CT molecular complexity index is 796. The molecule has 2 fully saturated rings. The fraction of sp³-hybridized carbons (Fsp3) is 0.684. The molecule has 0 aromatic rings. The van der Waals surface area contributed by atoms with E-state index in [-0.39, 0.29) is 47.3 Å². The summed E-state index contributed by atoms with van der Waals surface area (Å²) >= 11 is 3.01. The second-order valence-corrected chi connectivity index (χ2v) is 10.2. The second-order valence-electron chi connectivity index (χ2n) is 7.80. The Hall–Kier alpha value is -1.74. The van der Waals surface area contributed by atoms with Crippen LogP contribution in [-0.4, -0.2) is 80.9 Å². The second kappa shape index (κ2) is 9.60. The third-order valence-electron chi connectivity index (χ3n) is 5.70. The van der Waals surface area contributed by atoms with Gasteiger partial charge in [-0.25, -0.2) is 4.79 Å². The van der Waals surface area contributed by atoms with Gasteiger partial charge in [-0.3, -0.25) is 9.59 Å². The smallest absolute Gasteiger partial charge is 0.353 e. The number of carbonyl (C=O) groups is 3. The predicted octanol–water partition coefficient (Wildman–Crippen LogP) is -0.0232. The largest absolute Gasteiger partial charge is 0.477 e. The van der Waals surface area contributed by atoms with Crippen molar-refractivity contribution in [1.82, 2.24) is 15.5 Å². The number of nitrogens with one attached hydrogen (secondary N) is 2. The van der Waals surface area contributed by atoms with Gasteiger partial charge in [0.05, 0.1) is 29.9 Å². The summed E-state index contributed by atoms with van der Waals surface area (Å²) in [5.41, 5.74) is 0.0615. The lowest BCUT2D eigenvalue weighted by atomic mass is 9.79. The zero-order valence-electron chi connectivity index (χ0n) is 16.8. The molecule has 3 heterocycles. The van der Waals surface area contributed by atoms with Crippen molar-refractivity contribution in [3.63, 3.8) is 0 Å². The topological polar surface area (TPSA) is 143 Å². The summed E-state index contributed by atoms with van der Waals surface area (Å²) in [6.45, 7) is 4.22. The van der Waals surface area contributed by atoms with Gasteiger partial charge in [0.15, 0.2) is 0 Å². The van der Waals surface area contributed by atoms with Crippen LogP contribution in [0.2, 0.25) is 0 Å². The summed E-state index contributed by atoms with van der Waals surface area (Å²) in [6, 6.07) is 1.79. The van der Waals surface area contributed by atoms with Gasteiger partial charge in [-0.15, -0.1) is 11.8 Å². The average molecular weight is 455 g/mol. The third kappa shape index (κ3) is 4.46. The highest BCUT2D eigenvalue weighted by molar-refractivity contribution is 8.03. The van der Waals surface area contributed by atoms with E-state index >= 15 is 0 Å². The highest BCUT2D eigenvalue weighted by atomic mass is 32.2. The lowest BCUT2D eigenvalue weighted by Gasteiger charge is -2.46. The van der Waals surface area contributed by atoms with Crippen molar-refractivity contribution in [2.75, 3.05) is 24.6 Å². The molecule has 3 aliphatic rings. The summed E-state index contributed by atoms with van der Waals surface area (Å²) < 4.78 is 0. The Morgan fingerprint density at radius 1 is 1.47 bits per heavy atom. The summed E-state index contributed by atoms with van der Waals surface area (Å²) in [5, 5.41) is 34.2. The minimum atomic E-state index is -1.11. The molecular formula is C19H26N4O5S2. The first-order chi connectivity index (χ1) is 14.3. The van der Waals surface area contributed by atoms with Crippen molar-refractivity contribution < 1.29 is 24.6 Å². The van der Waals surface area contributed by atoms with Gasteiger partial charge in [0.1, 0.15) is 12.2 Å². The molecule has 164 valence electrons. The van der Waals surface area contributed by atoms with Crippen LogP contribution in [0.4, 0.5) is 0 Å². The van der Waals surface area contributed by atoms with Crippen LogP contribution in [0.25, 0.3) is 0 Å². The fourth-order valence-electron chi connectivity index (χ4n) is 4.34. The lowest BCUT2D eigenvalue weighted by molar-refractivity contribution is -0.163. The van der Waals surface area contributed by atoms with E-state index in [0.29, 0.717) is 10.7 Å². The Balaban J connectivity index is 1.56. The molecule has 9 nitrogen and oxygen atoms in total. The van der Waals surface area contributed by atoms with E-state index in [1.807, 2.05) is 13.0 Å². The van der Waals surface area contributed by atoms with Crippen molar-refractivity contribution in [3.05, 3.63) is 10.6 Å². The summed E-state index contributed by atoms with van der Waals surface area (Å²) in [7, 11) is 0. The van der Waals surface area contributed by atoms with Gasteiger partial charge < -0.3 is 25.7 Å². The zero-order chi connectivity index (χ0) is 22.0. The van der Waals surface area contributed by atoms with Gasteiger partial charge in [-0.1, -0.05) is 6.92 Å². The maximum atomic E-state index is 12.4. The standard InChI is InChI=1S/C19H26N4O5S2/c1-9-15-14(10(2)24)18(26)23(15)16(19(27)28)17(9)30-12-5-11(22-6-12)7-29-8-13(25)21-4-3-20/h9-12,14-15,22,24H,4-8H2,1-2H3,(H,21,25)(H,27,28)/t9-,10-,11+,12+,14-,15?/m1/s1. The number of aliphatic carboxylic acids is 1. The normalized spacial score (nSPS) is 31.2. The zero-order valence-corrected chi connectivity index (χ0v) is 18.5. The van der Waals surface area contributed by atoms with Crippen LogP contribution in [-0.2, 0) is 14.4 Å². The molecule has 11 heteroatoms. The van der Waals surface area contributed by atoms with Gasteiger partial charge in [0.2, 0.25) is 11.8 Å². The van der Waals surface area contributed by atoms with Gasteiger partial charge in [-0.05, 0) is 13.3 Å². The van der Waals surface area contributed by atoms with Crippen molar-refractivity contribution >= 4 is 41.3 Å². The molecule has 0 aromatic carbocycles. The number of carbonyl (C=O) groups excluding carboxylic acids is 2. The molecule has 2 saturated heterocycles. The molecule has 3 rings (SSSR count). The number of hydrogen-bond acceptors (Lipinski definition) is 8. The predicted molar refractivity (Wildman–Crippen MR) is 113 cm³/mol. The minimum Gasteiger partial charge on any atom is -0.477 e. The first-order valence-corrected chi connectivity index (χ1v) is 11.9. The molecule has 3 aliphatic heterocycles. The number of nitrogens with zero attached hydrogens (tertiary/aromatic N) is 2. The molecule has 1 unspecified atom stereocenters. The SMILES string of the molecule is C[C@H]1C(S[C@@H]2CN[C@H](CSCC(=O)NCC#N)C2)=C(C(=O)O)N2C(=O)[C@H]([C@@H](C)O)C12. The Morgan fingerprint density at radius 2 is 2.20 bits per heavy atom. The number of nitriles is 1. The van der Waals surface area contributed by atoms with Crippen molar-refractivity contribution in [2.24, 2.45) is 11.8 Å². The molecule has 0 radical (unpaired) electrons. The molecule has 0 aliphatic carbocycles. The van der Waals surface area contributed by atoms with Gasteiger partial charge in [0.25, 0.3) is 0 Å². The summed E-state index contributed by atoms with van der Waals surface area (Å²) in [4.78, 5) is 37.9. The highest BCUT2D eigenvalue weighted by Gasteiger charge is 2.60. The van der Waals surface area contributed by atoms with Crippen LogP contribution < -0.4 is 10.6 Å². The number of fused-ring (bicyclic) bond motifs is 1. The molecular weight excluding hydrogens is 428 g/mol. The van der Waals surface area contributed by atoms with Crippen LogP contribution in [0.15, 0.2) is 10.6 Å². The van der Waals surface area contributed by atoms with Gasteiger partial charge >= 0.3 is 5.97 Å². The molecule has 0 spiro atoms. The van der Waals surface area contributed by atoms with E-state index in [4.69, 9.17) is 5.26 Å². The van der Waals surface area contributed by atoms with Crippen LogP contribution in [0.5, 0.6) is 0 Å². The van der Waals surface area contributed by atoms with Gasteiger partial charge in [-0.2, -0.15) is 17.0 Å². The number of aliphatic hydroxyl groups is 1. The Kier molecular flexibility index (Phi) is 7.34. The number of rotatable bonds is 9. The maximum absolute atomic E-state index is 12.4. The Labute approximate surface area is 183 Å². The molecule has 6 atom stereocenters. The number of β-lactam (4-membered cyclic amide) rings is 1. The van der Waals surface area contributed by atoms with E-state index < -0.39 is 18.0 Å². The van der Waals surface area contributed by atoms with Crippen LogP contribution in [0, 0.1) is 23.2 Å². The van der Waals surface area contributed by atoms with Crippen LogP contribution in [0.3, 0.4) is 0 Å². The number of aliphatic hydroxyl groups excluding tert-OH is 1. The molecule has 0 saturated carbocycles. The maximum Gasteiger partial charge on any atom is 0.353 e.